The number of ketones is 1. The van der Waals surface area contributed by atoms with Crippen LogP contribution in [0.15, 0.2) is 48.8 Å². The maximum atomic E-state index is 12.3. The Bertz CT molecular complexity index is 1060. The number of ether oxygens (including phenoxy) is 2. The van der Waals surface area contributed by atoms with Crippen molar-refractivity contribution < 1.29 is 23.9 Å². The highest BCUT2D eigenvalue weighted by Gasteiger charge is 2.19. The summed E-state index contributed by atoms with van der Waals surface area (Å²) in [5.74, 6) is -0.885. The van der Waals surface area contributed by atoms with E-state index in [9.17, 15) is 14.4 Å². The molecule has 0 saturated heterocycles. The minimum Gasteiger partial charge on any atom is -0.482 e. The Morgan fingerprint density at radius 1 is 1.18 bits per heavy atom. The van der Waals surface area contributed by atoms with Crippen LogP contribution in [0.2, 0.25) is 0 Å². The maximum absolute atomic E-state index is 12.3. The van der Waals surface area contributed by atoms with Gasteiger partial charge in [0, 0.05) is 5.56 Å². The van der Waals surface area contributed by atoms with E-state index >= 15 is 0 Å². The van der Waals surface area contributed by atoms with E-state index < -0.39 is 18.4 Å². The minimum atomic E-state index is -0.655. The number of carbonyl (C=O) groups is 3. The Hall–Kier alpha value is -4.08. The van der Waals surface area contributed by atoms with Crippen molar-refractivity contribution in [3.8, 4) is 11.4 Å². The lowest BCUT2D eigenvalue weighted by molar-refractivity contribution is -0.118. The largest absolute Gasteiger partial charge is 0.482 e. The molecule has 1 aliphatic rings. The van der Waals surface area contributed by atoms with Crippen molar-refractivity contribution in [2.75, 3.05) is 18.5 Å². The molecule has 1 aliphatic heterocycles. The number of anilines is 1. The molecule has 0 bridgehead atoms. The summed E-state index contributed by atoms with van der Waals surface area (Å²) in [4.78, 5) is 36.0. The summed E-state index contributed by atoms with van der Waals surface area (Å²) >= 11 is 0. The predicted molar refractivity (Wildman–Crippen MR) is 94.3 cm³/mol. The normalized spacial score (nSPS) is 12.5. The van der Waals surface area contributed by atoms with Gasteiger partial charge in [0.05, 0.1) is 16.9 Å². The summed E-state index contributed by atoms with van der Waals surface area (Å²) < 4.78 is 11.8. The van der Waals surface area contributed by atoms with Crippen molar-refractivity contribution in [2.24, 2.45) is 0 Å². The van der Waals surface area contributed by atoms with E-state index in [1.165, 1.54) is 17.1 Å². The first-order valence-corrected chi connectivity index (χ1v) is 8.20. The second-order valence-corrected chi connectivity index (χ2v) is 5.85. The molecule has 1 aromatic heterocycles. The third kappa shape index (κ3) is 3.56. The predicted octanol–water partition coefficient (Wildman–Crippen LogP) is 1.03. The lowest BCUT2D eigenvalue weighted by Gasteiger charge is -2.18. The SMILES string of the molecule is O=C1COc2ccc(C(=O)COC(=O)c3cccc(-n4cnnn4)c3)cc2N1. The van der Waals surface area contributed by atoms with Gasteiger partial charge in [0.15, 0.2) is 19.0 Å². The van der Waals surface area contributed by atoms with Gasteiger partial charge in [0.1, 0.15) is 12.1 Å². The van der Waals surface area contributed by atoms with Crippen LogP contribution in [0, 0.1) is 0 Å². The molecule has 2 aromatic carbocycles. The van der Waals surface area contributed by atoms with Crippen molar-refractivity contribution in [3.63, 3.8) is 0 Å². The standard InChI is InChI=1S/C18H13N5O5/c24-15(11-4-5-16-14(7-11)20-17(25)9-27-16)8-28-18(26)12-2-1-3-13(6-12)23-10-19-21-22-23/h1-7,10H,8-9H2,(H,20,25). The molecule has 0 spiro atoms. The molecule has 1 amide bonds. The lowest BCUT2D eigenvalue weighted by Crippen LogP contribution is -2.25. The average molecular weight is 379 g/mol. The van der Waals surface area contributed by atoms with E-state index in [2.05, 4.69) is 20.8 Å². The number of tetrazole rings is 1. The fourth-order valence-corrected chi connectivity index (χ4v) is 2.61. The zero-order valence-electron chi connectivity index (χ0n) is 14.4. The molecule has 140 valence electrons. The second-order valence-electron chi connectivity index (χ2n) is 5.85. The van der Waals surface area contributed by atoms with Gasteiger partial charge in [-0.3, -0.25) is 9.59 Å². The highest BCUT2D eigenvalue weighted by atomic mass is 16.5. The van der Waals surface area contributed by atoms with E-state index in [4.69, 9.17) is 9.47 Å². The van der Waals surface area contributed by atoms with Crippen LogP contribution in [0.5, 0.6) is 5.75 Å². The molecular formula is C18H13N5O5. The molecule has 10 heteroatoms. The van der Waals surface area contributed by atoms with Gasteiger partial charge < -0.3 is 14.8 Å². The third-order valence-electron chi connectivity index (χ3n) is 3.96. The number of carbonyl (C=O) groups excluding carboxylic acids is 3. The van der Waals surface area contributed by atoms with E-state index in [-0.39, 0.29) is 18.1 Å². The maximum Gasteiger partial charge on any atom is 0.338 e. The van der Waals surface area contributed by atoms with Crippen LogP contribution in [0.4, 0.5) is 5.69 Å². The first-order chi connectivity index (χ1) is 13.6. The summed E-state index contributed by atoms with van der Waals surface area (Å²) in [6, 6.07) is 11.1. The van der Waals surface area contributed by atoms with Crippen molar-refractivity contribution >= 4 is 23.3 Å². The molecule has 0 fully saturated rings. The summed E-state index contributed by atoms with van der Waals surface area (Å²) in [6.45, 7) is -0.511. The average Bonchev–Trinajstić information content (AvgIpc) is 3.26. The number of nitrogens with zero attached hydrogens (tertiary/aromatic N) is 4. The molecule has 3 aromatic rings. The number of benzene rings is 2. The summed E-state index contributed by atoms with van der Waals surface area (Å²) in [6.07, 6.45) is 1.40. The van der Waals surface area contributed by atoms with Gasteiger partial charge in [-0.05, 0) is 46.8 Å². The van der Waals surface area contributed by atoms with Crippen molar-refractivity contribution in [2.45, 2.75) is 0 Å². The first kappa shape index (κ1) is 17.3. The third-order valence-corrected chi connectivity index (χ3v) is 3.96. The van der Waals surface area contributed by atoms with Crippen molar-refractivity contribution in [1.29, 1.82) is 0 Å². The molecule has 2 heterocycles. The van der Waals surface area contributed by atoms with Crippen molar-refractivity contribution in [1.82, 2.24) is 20.2 Å². The number of hydrogen-bond donors (Lipinski definition) is 1. The number of Topliss-reactive ketones (excluding diaryl/α,β-unsaturated/α-hetero) is 1. The molecule has 0 saturated carbocycles. The Morgan fingerprint density at radius 2 is 2.07 bits per heavy atom. The summed E-state index contributed by atoms with van der Waals surface area (Å²) in [5.41, 5.74) is 1.53. The quantitative estimate of drug-likeness (QED) is 0.515. The number of esters is 1. The molecule has 0 unspecified atom stereocenters. The topological polar surface area (TPSA) is 125 Å². The highest BCUT2D eigenvalue weighted by molar-refractivity contribution is 6.02. The van der Waals surface area contributed by atoms with Crippen molar-refractivity contribution in [3.05, 3.63) is 59.9 Å². The fraction of sp³-hybridized carbons (Fsp3) is 0.111. The van der Waals surface area contributed by atoms with Crippen LogP contribution >= 0.6 is 0 Å². The van der Waals surface area contributed by atoms with E-state index in [0.29, 0.717) is 22.7 Å². The molecule has 4 rings (SSSR count). The number of fused-ring (bicyclic) bond motifs is 1. The zero-order valence-corrected chi connectivity index (χ0v) is 14.4. The number of rotatable bonds is 5. The summed E-state index contributed by atoms with van der Waals surface area (Å²) in [5, 5.41) is 13.4. The summed E-state index contributed by atoms with van der Waals surface area (Å²) in [7, 11) is 0. The van der Waals surface area contributed by atoms with E-state index in [1.807, 2.05) is 0 Å². The molecule has 0 atom stereocenters. The van der Waals surface area contributed by atoms with Crippen LogP contribution in [-0.2, 0) is 9.53 Å². The molecule has 0 aliphatic carbocycles. The number of hydrogen-bond acceptors (Lipinski definition) is 8. The van der Waals surface area contributed by atoms with Gasteiger partial charge in [-0.25, -0.2) is 9.48 Å². The van der Waals surface area contributed by atoms with Crippen LogP contribution in [0.3, 0.4) is 0 Å². The highest BCUT2D eigenvalue weighted by Crippen LogP contribution is 2.28. The molecular weight excluding hydrogens is 366 g/mol. The monoisotopic (exact) mass is 379 g/mol. The number of aromatic nitrogens is 4. The van der Waals surface area contributed by atoms with E-state index in [0.717, 1.165) is 0 Å². The van der Waals surface area contributed by atoms with Gasteiger partial charge in [-0.1, -0.05) is 6.07 Å². The molecule has 10 nitrogen and oxygen atoms in total. The molecule has 28 heavy (non-hydrogen) atoms. The van der Waals surface area contributed by atoms with Crippen LogP contribution in [-0.4, -0.2) is 51.1 Å². The Kier molecular flexibility index (Phi) is 4.50. The Labute approximate surface area is 158 Å². The Balaban J connectivity index is 1.42. The first-order valence-electron chi connectivity index (χ1n) is 8.20. The fourth-order valence-electron chi connectivity index (χ4n) is 2.61. The van der Waals surface area contributed by atoms with Gasteiger partial charge in [0.2, 0.25) is 0 Å². The second kappa shape index (κ2) is 7.27. The van der Waals surface area contributed by atoms with Crippen LogP contribution < -0.4 is 10.1 Å². The minimum absolute atomic E-state index is 0.0678. The smallest absolute Gasteiger partial charge is 0.338 e. The lowest BCUT2D eigenvalue weighted by atomic mass is 10.1. The molecule has 0 radical (unpaired) electrons. The van der Waals surface area contributed by atoms with Crippen LogP contribution in [0.25, 0.3) is 5.69 Å². The van der Waals surface area contributed by atoms with Gasteiger partial charge >= 0.3 is 5.97 Å². The number of nitrogens with one attached hydrogen (secondary N) is 1. The zero-order chi connectivity index (χ0) is 19.5. The van der Waals surface area contributed by atoms with Gasteiger partial charge in [0.25, 0.3) is 5.91 Å². The Morgan fingerprint density at radius 3 is 2.89 bits per heavy atom. The van der Waals surface area contributed by atoms with E-state index in [1.54, 1.807) is 36.4 Å². The van der Waals surface area contributed by atoms with Gasteiger partial charge in [-0.15, -0.1) is 5.10 Å². The number of amides is 1. The molecule has 1 N–H and O–H groups in total. The van der Waals surface area contributed by atoms with Gasteiger partial charge in [-0.2, -0.15) is 0 Å². The van der Waals surface area contributed by atoms with Crippen LogP contribution in [0.1, 0.15) is 20.7 Å².